The Hall–Kier alpha value is -3.80. The van der Waals surface area contributed by atoms with Crippen LogP contribution in [0.3, 0.4) is 0 Å². The number of hydrogen-bond acceptors (Lipinski definition) is 3. The lowest BCUT2D eigenvalue weighted by Gasteiger charge is -2.27. The molecule has 0 radical (unpaired) electrons. The van der Waals surface area contributed by atoms with Gasteiger partial charge in [-0.3, -0.25) is 0 Å². The second-order valence-corrected chi connectivity index (χ2v) is 13.5. The molecule has 0 amide bonds. The summed E-state index contributed by atoms with van der Waals surface area (Å²) >= 11 is 0. The maximum Gasteiger partial charge on any atom is 0.193 e. The topological polar surface area (TPSA) is 27.7 Å². The van der Waals surface area contributed by atoms with E-state index in [-0.39, 0.29) is 18.3 Å². The predicted octanol–water partition coefficient (Wildman–Crippen LogP) is 10.1. The van der Waals surface area contributed by atoms with Gasteiger partial charge in [-0.15, -0.1) is 0 Å². The Morgan fingerprint density at radius 2 is 0.787 bits per heavy atom. The van der Waals surface area contributed by atoms with Crippen LogP contribution in [0.15, 0.2) is 133 Å². The number of ether oxygens (including phenoxy) is 2. The van der Waals surface area contributed by atoms with Gasteiger partial charge in [-0.1, -0.05) is 154 Å². The summed E-state index contributed by atoms with van der Waals surface area (Å²) in [5, 5.41) is 1.36. The molecule has 5 aromatic rings. The molecule has 0 saturated heterocycles. The minimum absolute atomic E-state index is 0.0687. The fourth-order valence-corrected chi connectivity index (χ4v) is 6.39. The van der Waals surface area contributed by atoms with Crippen LogP contribution in [0.5, 0.6) is 0 Å². The third-order valence-electron chi connectivity index (χ3n) is 8.64. The van der Waals surface area contributed by atoms with Crippen LogP contribution in [0, 0.1) is 0 Å². The van der Waals surface area contributed by atoms with Crippen molar-refractivity contribution in [2.24, 2.45) is 0 Å². The molecule has 0 heterocycles. The molecular weight excluding hydrogens is 593 g/mol. The second-order valence-electron chi connectivity index (χ2n) is 12.0. The number of benzene rings is 5. The zero-order valence-electron chi connectivity index (χ0n) is 29.1. The highest BCUT2D eigenvalue weighted by atomic mass is 28.2. The predicted molar refractivity (Wildman–Crippen MR) is 200 cm³/mol. The molecule has 3 unspecified atom stereocenters. The lowest BCUT2D eigenvalue weighted by molar-refractivity contribution is -0.196. The number of aryl methyl sites for hydroxylation is 3. The molecule has 5 aromatic carbocycles. The summed E-state index contributed by atoms with van der Waals surface area (Å²) in [7, 11) is -0.618. The molecule has 47 heavy (non-hydrogen) atoms. The first kappa shape index (κ1) is 36.0. The van der Waals surface area contributed by atoms with Crippen molar-refractivity contribution in [1.29, 1.82) is 0 Å². The van der Waals surface area contributed by atoms with Gasteiger partial charge in [0.2, 0.25) is 0 Å². The maximum atomic E-state index is 6.41. The average Bonchev–Trinajstić information content (AvgIpc) is 3.14. The smallest absolute Gasteiger partial charge is 0.193 e. The van der Waals surface area contributed by atoms with E-state index < -0.39 is 16.1 Å². The SMILES string of the molecule is CCc1ccc(C(C)OC(OC(C)c2ccc(CC)cc2)c2ccccc2)cc1.CCc1ccc(C(C)O[SiH2]c2ccccc2)cc1. The third kappa shape index (κ3) is 11.4. The van der Waals surface area contributed by atoms with Crippen molar-refractivity contribution in [2.75, 3.05) is 0 Å². The lowest BCUT2D eigenvalue weighted by Crippen LogP contribution is -2.18. The monoisotopic (exact) mass is 644 g/mol. The summed E-state index contributed by atoms with van der Waals surface area (Å²) in [6, 6.07) is 46.7. The van der Waals surface area contributed by atoms with Crippen molar-refractivity contribution in [2.45, 2.75) is 85.4 Å². The highest BCUT2D eigenvalue weighted by molar-refractivity contribution is 6.46. The van der Waals surface area contributed by atoms with Gasteiger partial charge >= 0.3 is 0 Å². The first-order valence-electron chi connectivity index (χ1n) is 17.2. The highest BCUT2D eigenvalue weighted by Crippen LogP contribution is 2.32. The van der Waals surface area contributed by atoms with Crippen molar-refractivity contribution >= 4 is 14.9 Å². The minimum Gasteiger partial charge on any atom is -0.412 e. The summed E-state index contributed by atoms with van der Waals surface area (Å²) in [4.78, 5) is 0. The van der Waals surface area contributed by atoms with Gasteiger partial charge in [0, 0.05) is 5.56 Å². The number of rotatable bonds is 14. The Kier molecular flexibility index (Phi) is 14.7. The fourth-order valence-electron chi connectivity index (χ4n) is 5.29. The van der Waals surface area contributed by atoms with Crippen LogP contribution in [0.4, 0.5) is 0 Å². The molecule has 0 fully saturated rings. The van der Waals surface area contributed by atoms with E-state index in [1.807, 2.05) is 24.3 Å². The van der Waals surface area contributed by atoms with Crippen molar-refractivity contribution in [3.8, 4) is 0 Å². The summed E-state index contributed by atoms with van der Waals surface area (Å²) in [6.07, 6.45) is 2.80. The largest absolute Gasteiger partial charge is 0.412 e. The minimum atomic E-state index is -0.618. The molecule has 0 aliphatic heterocycles. The molecule has 5 rings (SSSR count). The Morgan fingerprint density at radius 1 is 0.426 bits per heavy atom. The van der Waals surface area contributed by atoms with E-state index in [2.05, 4.69) is 151 Å². The summed E-state index contributed by atoms with van der Waals surface area (Å²) in [5.74, 6) is 0. The van der Waals surface area contributed by atoms with Crippen molar-refractivity contribution in [3.05, 3.63) is 172 Å². The van der Waals surface area contributed by atoms with E-state index in [0.717, 1.165) is 36.0 Å². The van der Waals surface area contributed by atoms with Gasteiger partial charge in [-0.25, -0.2) is 0 Å². The molecule has 3 atom stereocenters. The highest BCUT2D eigenvalue weighted by Gasteiger charge is 2.21. The van der Waals surface area contributed by atoms with E-state index in [9.17, 15) is 0 Å². The zero-order chi connectivity index (χ0) is 33.4. The van der Waals surface area contributed by atoms with Gasteiger partial charge in [0.1, 0.15) is 0 Å². The number of hydrogen-bond donors (Lipinski definition) is 0. The molecule has 0 aromatic heterocycles. The molecule has 246 valence electrons. The molecule has 4 heteroatoms. The molecule has 0 saturated carbocycles. The van der Waals surface area contributed by atoms with Crippen LogP contribution in [0.2, 0.25) is 0 Å². The molecule has 0 bridgehead atoms. The molecule has 0 spiro atoms. The fraction of sp³-hybridized carbons (Fsp3) is 0.302. The van der Waals surface area contributed by atoms with Gasteiger partial charge in [0.15, 0.2) is 16.1 Å². The van der Waals surface area contributed by atoms with Crippen LogP contribution < -0.4 is 5.19 Å². The van der Waals surface area contributed by atoms with E-state index in [1.54, 1.807) is 0 Å². The van der Waals surface area contributed by atoms with Crippen LogP contribution in [-0.4, -0.2) is 9.76 Å². The van der Waals surface area contributed by atoms with E-state index >= 15 is 0 Å². The van der Waals surface area contributed by atoms with Crippen LogP contribution in [0.25, 0.3) is 0 Å². The van der Waals surface area contributed by atoms with Crippen LogP contribution in [-0.2, 0) is 33.2 Å². The maximum absolute atomic E-state index is 6.41. The molecule has 0 N–H and O–H groups in total. The van der Waals surface area contributed by atoms with Crippen molar-refractivity contribution < 1.29 is 13.9 Å². The van der Waals surface area contributed by atoms with Crippen LogP contribution >= 0.6 is 0 Å². The lowest BCUT2D eigenvalue weighted by atomic mass is 10.1. The Balaban J connectivity index is 0.000000238. The zero-order valence-corrected chi connectivity index (χ0v) is 30.5. The van der Waals surface area contributed by atoms with Crippen LogP contribution in [0.1, 0.15) is 105 Å². The molecule has 0 aliphatic carbocycles. The van der Waals surface area contributed by atoms with Gasteiger partial charge in [-0.05, 0) is 78.6 Å². The first-order valence-corrected chi connectivity index (χ1v) is 18.5. The first-order chi connectivity index (χ1) is 22.9. The summed E-state index contributed by atoms with van der Waals surface area (Å²) in [6.45, 7) is 12.8. The summed E-state index contributed by atoms with van der Waals surface area (Å²) < 4.78 is 18.8. The molecule has 3 nitrogen and oxygen atoms in total. The molecular formula is C43H52O3Si. The molecule has 0 aliphatic rings. The van der Waals surface area contributed by atoms with Gasteiger partial charge in [0.05, 0.1) is 18.3 Å². The van der Waals surface area contributed by atoms with E-state index in [4.69, 9.17) is 13.9 Å². The van der Waals surface area contributed by atoms with Gasteiger partial charge < -0.3 is 13.9 Å². The van der Waals surface area contributed by atoms with Crippen molar-refractivity contribution in [3.63, 3.8) is 0 Å². The summed E-state index contributed by atoms with van der Waals surface area (Å²) in [5.41, 5.74) is 8.67. The Bertz CT molecular complexity index is 1500. The Labute approximate surface area is 285 Å². The van der Waals surface area contributed by atoms with Gasteiger partial charge in [-0.2, -0.15) is 0 Å². The van der Waals surface area contributed by atoms with E-state index in [0.29, 0.717) is 0 Å². The van der Waals surface area contributed by atoms with Crippen molar-refractivity contribution in [1.82, 2.24) is 0 Å². The Morgan fingerprint density at radius 3 is 1.17 bits per heavy atom. The quantitative estimate of drug-likeness (QED) is 0.0890. The second kappa shape index (κ2) is 19.1. The average molecular weight is 645 g/mol. The van der Waals surface area contributed by atoms with E-state index in [1.165, 1.54) is 27.4 Å². The standard InChI is InChI=1S/C27H32O2.C16H20OSi/c1-5-22-12-16-24(17-13-22)20(3)28-27(26-10-8-7-9-11-26)29-21(4)25-18-14-23(6-2)15-19-25;1-3-14-9-11-15(12-10-14)13(2)17-18-16-7-5-4-6-8-16/h7-21,27H,5-6H2,1-4H3;4-13H,3,18H2,1-2H3. The third-order valence-corrected chi connectivity index (χ3v) is 10.1. The van der Waals surface area contributed by atoms with Gasteiger partial charge in [0.25, 0.3) is 0 Å². The normalized spacial score (nSPS) is 13.8.